The number of hydrogen-bond donors (Lipinski definition) is 0. The van der Waals surface area contributed by atoms with Gasteiger partial charge in [-0.05, 0) is 31.2 Å². The molecule has 0 N–H and O–H groups in total. The molecular formula is C18H14N2O4. The Balaban J connectivity index is 1.70. The first-order valence-corrected chi connectivity index (χ1v) is 7.32. The molecule has 0 saturated heterocycles. The van der Waals surface area contributed by atoms with Crippen LogP contribution >= 0.6 is 0 Å². The van der Waals surface area contributed by atoms with Gasteiger partial charge in [0, 0.05) is 11.1 Å². The van der Waals surface area contributed by atoms with Crippen LogP contribution in [-0.2, 0) is 4.74 Å². The largest absolute Gasteiger partial charge is 0.449 e. The van der Waals surface area contributed by atoms with Gasteiger partial charge in [-0.2, -0.15) is 0 Å². The van der Waals surface area contributed by atoms with Crippen molar-refractivity contribution in [1.29, 1.82) is 0 Å². The minimum absolute atomic E-state index is 0.215. The number of benzene rings is 2. The van der Waals surface area contributed by atoms with Crippen LogP contribution < -0.4 is 0 Å². The quantitative estimate of drug-likeness (QED) is 0.528. The zero-order valence-corrected chi connectivity index (χ0v) is 12.9. The van der Waals surface area contributed by atoms with Crippen molar-refractivity contribution in [2.45, 2.75) is 13.0 Å². The van der Waals surface area contributed by atoms with Crippen molar-refractivity contribution in [3.63, 3.8) is 0 Å². The molecular weight excluding hydrogens is 308 g/mol. The van der Waals surface area contributed by atoms with Gasteiger partial charge in [-0.3, -0.25) is 4.79 Å². The summed E-state index contributed by atoms with van der Waals surface area (Å²) in [4.78, 5) is 22.7. The predicted molar refractivity (Wildman–Crippen MR) is 85.4 cm³/mol. The zero-order chi connectivity index (χ0) is 16.9. The van der Waals surface area contributed by atoms with Crippen LogP contribution in [0, 0.1) is 0 Å². The SMILES string of the molecule is C[C@@H](OC(=O)c1ccc(C=O)cc1)c1nnc(-c2ccccc2)o1. The summed E-state index contributed by atoms with van der Waals surface area (Å²) in [5.41, 5.74) is 1.62. The van der Waals surface area contributed by atoms with E-state index in [0.29, 0.717) is 23.3 Å². The van der Waals surface area contributed by atoms with Crippen molar-refractivity contribution < 1.29 is 18.7 Å². The van der Waals surface area contributed by atoms with Crippen LogP contribution in [0.1, 0.15) is 39.6 Å². The number of aromatic nitrogens is 2. The van der Waals surface area contributed by atoms with Gasteiger partial charge in [0.15, 0.2) is 6.10 Å². The maximum absolute atomic E-state index is 12.1. The third-order valence-corrected chi connectivity index (χ3v) is 3.38. The lowest BCUT2D eigenvalue weighted by atomic mass is 10.1. The van der Waals surface area contributed by atoms with Crippen LogP contribution in [0.4, 0.5) is 0 Å². The van der Waals surface area contributed by atoms with Crippen molar-refractivity contribution in [2.75, 3.05) is 0 Å². The molecule has 1 heterocycles. The molecule has 6 heteroatoms. The van der Waals surface area contributed by atoms with E-state index in [4.69, 9.17) is 9.15 Å². The number of rotatable bonds is 5. The number of nitrogens with zero attached hydrogens (tertiary/aromatic N) is 2. The zero-order valence-electron chi connectivity index (χ0n) is 12.9. The number of carbonyl (C=O) groups is 2. The van der Waals surface area contributed by atoms with Crippen LogP contribution in [0.5, 0.6) is 0 Å². The second-order valence-electron chi connectivity index (χ2n) is 5.10. The summed E-state index contributed by atoms with van der Waals surface area (Å²) in [7, 11) is 0. The fraction of sp³-hybridized carbons (Fsp3) is 0.111. The van der Waals surface area contributed by atoms with E-state index < -0.39 is 12.1 Å². The average Bonchev–Trinajstić information content (AvgIpc) is 3.13. The summed E-state index contributed by atoms with van der Waals surface area (Å²) in [6, 6.07) is 15.5. The van der Waals surface area contributed by atoms with E-state index in [-0.39, 0.29) is 5.89 Å². The first-order valence-electron chi connectivity index (χ1n) is 7.32. The van der Waals surface area contributed by atoms with E-state index in [1.54, 1.807) is 19.1 Å². The van der Waals surface area contributed by atoms with E-state index >= 15 is 0 Å². The number of ether oxygens (including phenoxy) is 1. The molecule has 24 heavy (non-hydrogen) atoms. The number of aldehydes is 1. The highest BCUT2D eigenvalue weighted by Gasteiger charge is 2.19. The van der Waals surface area contributed by atoms with Gasteiger partial charge >= 0.3 is 5.97 Å². The fourth-order valence-electron chi connectivity index (χ4n) is 2.07. The lowest BCUT2D eigenvalue weighted by Gasteiger charge is -2.09. The van der Waals surface area contributed by atoms with Crippen molar-refractivity contribution in [3.8, 4) is 11.5 Å². The molecule has 0 aliphatic carbocycles. The van der Waals surface area contributed by atoms with Crippen LogP contribution in [-0.4, -0.2) is 22.5 Å². The monoisotopic (exact) mass is 322 g/mol. The Morgan fingerprint density at radius 3 is 2.46 bits per heavy atom. The highest BCUT2D eigenvalue weighted by atomic mass is 16.6. The molecule has 120 valence electrons. The Morgan fingerprint density at radius 2 is 1.79 bits per heavy atom. The van der Waals surface area contributed by atoms with E-state index in [9.17, 15) is 9.59 Å². The lowest BCUT2D eigenvalue weighted by molar-refractivity contribution is 0.0279. The summed E-state index contributed by atoms with van der Waals surface area (Å²) in [5.74, 6) is 0.0509. The van der Waals surface area contributed by atoms with Crippen molar-refractivity contribution in [1.82, 2.24) is 10.2 Å². The van der Waals surface area contributed by atoms with E-state index in [2.05, 4.69) is 10.2 Å². The normalized spacial score (nSPS) is 11.7. The van der Waals surface area contributed by atoms with Crippen LogP contribution in [0.25, 0.3) is 11.5 Å². The molecule has 3 rings (SSSR count). The van der Waals surface area contributed by atoms with Crippen molar-refractivity contribution >= 4 is 12.3 Å². The van der Waals surface area contributed by atoms with Gasteiger partial charge < -0.3 is 9.15 Å². The smallest absolute Gasteiger partial charge is 0.338 e. The van der Waals surface area contributed by atoms with Crippen molar-refractivity contribution in [2.24, 2.45) is 0 Å². The molecule has 0 unspecified atom stereocenters. The molecule has 2 aromatic carbocycles. The molecule has 0 fully saturated rings. The van der Waals surface area contributed by atoms with Crippen molar-refractivity contribution in [3.05, 3.63) is 71.6 Å². The Morgan fingerprint density at radius 1 is 1.08 bits per heavy atom. The lowest BCUT2D eigenvalue weighted by Crippen LogP contribution is -2.09. The molecule has 0 bridgehead atoms. The van der Waals surface area contributed by atoms with Gasteiger partial charge in [0.05, 0.1) is 5.56 Å². The van der Waals surface area contributed by atoms with Gasteiger partial charge in [-0.15, -0.1) is 10.2 Å². The number of carbonyl (C=O) groups excluding carboxylic acids is 2. The highest BCUT2D eigenvalue weighted by molar-refractivity contribution is 5.90. The van der Waals surface area contributed by atoms with E-state index in [1.165, 1.54) is 12.1 Å². The third kappa shape index (κ3) is 3.38. The van der Waals surface area contributed by atoms with Gasteiger partial charge in [0.2, 0.25) is 5.89 Å². The number of esters is 1. The second kappa shape index (κ2) is 6.87. The molecule has 0 aliphatic rings. The highest BCUT2D eigenvalue weighted by Crippen LogP contribution is 2.22. The Kier molecular flexibility index (Phi) is 4.47. The van der Waals surface area contributed by atoms with Crippen LogP contribution in [0.15, 0.2) is 59.0 Å². The first-order chi connectivity index (χ1) is 11.7. The minimum Gasteiger partial charge on any atom is -0.449 e. The molecule has 1 atom stereocenters. The van der Waals surface area contributed by atoms with Gasteiger partial charge in [0.25, 0.3) is 5.89 Å². The van der Waals surface area contributed by atoms with E-state index in [1.807, 2.05) is 30.3 Å². The molecule has 3 aromatic rings. The number of hydrogen-bond acceptors (Lipinski definition) is 6. The molecule has 1 aromatic heterocycles. The molecule has 0 aliphatic heterocycles. The predicted octanol–water partition coefficient (Wildman–Crippen LogP) is 3.47. The summed E-state index contributed by atoms with van der Waals surface area (Å²) in [6.45, 7) is 1.65. The maximum Gasteiger partial charge on any atom is 0.338 e. The Labute approximate surface area is 138 Å². The molecule has 0 amide bonds. The standard InChI is InChI=1S/C18H14N2O4/c1-12(23-18(22)15-9-7-13(11-21)8-10-15)16-19-20-17(24-16)14-5-3-2-4-6-14/h2-12H,1H3/t12-/m1/s1. The average molecular weight is 322 g/mol. The third-order valence-electron chi connectivity index (χ3n) is 3.38. The van der Waals surface area contributed by atoms with Crippen LogP contribution in [0.2, 0.25) is 0 Å². The van der Waals surface area contributed by atoms with Gasteiger partial charge in [-0.1, -0.05) is 30.3 Å². The summed E-state index contributed by atoms with van der Waals surface area (Å²) in [6.07, 6.45) is 0.0228. The van der Waals surface area contributed by atoms with Gasteiger partial charge in [-0.25, -0.2) is 4.79 Å². The fourth-order valence-corrected chi connectivity index (χ4v) is 2.07. The minimum atomic E-state index is -0.687. The summed E-state index contributed by atoms with van der Waals surface area (Å²) >= 11 is 0. The Hall–Kier alpha value is -3.28. The molecule has 6 nitrogen and oxygen atoms in total. The van der Waals surface area contributed by atoms with E-state index in [0.717, 1.165) is 5.56 Å². The Bertz CT molecular complexity index is 841. The maximum atomic E-state index is 12.1. The summed E-state index contributed by atoms with van der Waals surface area (Å²) in [5, 5.41) is 7.89. The topological polar surface area (TPSA) is 82.3 Å². The van der Waals surface area contributed by atoms with Gasteiger partial charge in [0.1, 0.15) is 6.29 Å². The first kappa shape index (κ1) is 15.6. The second-order valence-corrected chi connectivity index (χ2v) is 5.10. The summed E-state index contributed by atoms with van der Waals surface area (Å²) < 4.78 is 10.9. The molecule has 0 radical (unpaired) electrons. The van der Waals surface area contributed by atoms with Crippen LogP contribution in [0.3, 0.4) is 0 Å². The molecule has 0 saturated carbocycles. The molecule has 0 spiro atoms.